The second-order valence-electron chi connectivity index (χ2n) is 5.38. The van der Waals surface area contributed by atoms with Gasteiger partial charge in [0.2, 0.25) is 5.91 Å². The molecule has 0 fully saturated rings. The van der Waals surface area contributed by atoms with Crippen molar-refractivity contribution in [3.05, 3.63) is 47.8 Å². The monoisotopic (exact) mass is 346 g/mol. The summed E-state index contributed by atoms with van der Waals surface area (Å²) in [6.07, 6.45) is 0. The molecule has 2 rings (SSSR count). The van der Waals surface area contributed by atoms with Gasteiger partial charge in [0.15, 0.2) is 0 Å². The smallest absolute Gasteiger partial charge is 0.243 e. The Morgan fingerprint density at radius 3 is 2.52 bits per heavy atom. The summed E-state index contributed by atoms with van der Waals surface area (Å²) in [5, 5.41) is 5.74. The zero-order valence-electron chi connectivity index (χ0n) is 14.7. The van der Waals surface area contributed by atoms with Crippen molar-refractivity contribution in [1.82, 2.24) is 0 Å². The Kier molecular flexibility index (Phi) is 6.62. The van der Waals surface area contributed by atoms with Gasteiger partial charge < -0.3 is 20.1 Å². The van der Waals surface area contributed by atoms with Gasteiger partial charge in [-0.3, -0.25) is 4.79 Å². The Labute approximate surface area is 147 Å². The van der Waals surface area contributed by atoms with E-state index in [4.69, 9.17) is 9.47 Å². The summed E-state index contributed by atoms with van der Waals surface area (Å²) in [4.78, 5) is 12.2. The first kappa shape index (κ1) is 18.6. The van der Waals surface area contributed by atoms with Crippen LogP contribution in [0.25, 0.3) is 0 Å². The highest BCUT2D eigenvalue weighted by Crippen LogP contribution is 2.29. The molecule has 0 aliphatic heterocycles. The number of rotatable bonds is 8. The van der Waals surface area contributed by atoms with Crippen LogP contribution in [0, 0.1) is 12.7 Å². The minimum Gasteiger partial charge on any atom is -0.494 e. The molecule has 25 heavy (non-hydrogen) atoms. The molecule has 6 heteroatoms. The molecule has 0 unspecified atom stereocenters. The lowest BCUT2D eigenvalue weighted by molar-refractivity contribution is -0.114. The van der Waals surface area contributed by atoms with Crippen LogP contribution in [-0.4, -0.2) is 25.7 Å². The Bertz CT molecular complexity index is 735. The molecule has 0 aliphatic carbocycles. The zero-order valence-corrected chi connectivity index (χ0v) is 14.7. The Morgan fingerprint density at radius 1 is 1.04 bits per heavy atom. The molecule has 2 aromatic rings. The number of carbonyl (C=O) groups is 1. The van der Waals surface area contributed by atoms with Crippen molar-refractivity contribution in [2.75, 3.05) is 30.4 Å². The number of nitrogens with one attached hydrogen (secondary N) is 2. The lowest BCUT2D eigenvalue weighted by Crippen LogP contribution is -2.22. The van der Waals surface area contributed by atoms with Crippen LogP contribution in [0.5, 0.6) is 11.5 Å². The maximum Gasteiger partial charge on any atom is 0.243 e. The minimum atomic E-state index is -0.350. The summed E-state index contributed by atoms with van der Waals surface area (Å²) in [6.45, 7) is 6.63. The van der Waals surface area contributed by atoms with Crippen molar-refractivity contribution in [3.8, 4) is 11.5 Å². The largest absolute Gasteiger partial charge is 0.494 e. The van der Waals surface area contributed by atoms with Gasteiger partial charge in [-0.25, -0.2) is 4.39 Å². The molecule has 0 radical (unpaired) electrons. The van der Waals surface area contributed by atoms with Gasteiger partial charge in [-0.05, 0) is 50.6 Å². The van der Waals surface area contributed by atoms with Crippen LogP contribution >= 0.6 is 0 Å². The highest BCUT2D eigenvalue weighted by molar-refractivity contribution is 5.95. The summed E-state index contributed by atoms with van der Waals surface area (Å²) < 4.78 is 24.3. The fourth-order valence-corrected chi connectivity index (χ4v) is 2.30. The maximum absolute atomic E-state index is 13.3. The molecule has 1 amide bonds. The van der Waals surface area contributed by atoms with Crippen LogP contribution in [0.3, 0.4) is 0 Å². The van der Waals surface area contributed by atoms with Crippen LogP contribution in [0.2, 0.25) is 0 Å². The molecule has 0 heterocycles. The van der Waals surface area contributed by atoms with E-state index < -0.39 is 0 Å². The van der Waals surface area contributed by atoms with Crippen molar-refractivity contribution in [1.29, 1.82) is 0 Å². The number of amides is 1. The van der Waals surface area contributed by atoms with Gasteiger partial charge in [0.1, 0.15) is 17.3 Å². The van der Waals surface area contributed by atoms with Crippen molar-refractivity contribution in [2.24, 2.45) is 0 Å². The van der Waals surface area contributed by atoms with E-state index in [0.29, 0.717) is 36.1 Å². The molecule has 0 spiro atoms. The Hall–Kier alpha value is -2.76. The van der Waals surface area contributed by atoms with Crippen molar-refractivity contribution < 1.29 is 18.7 Å². The molecule has 0 saturated heterocycles. The Morgan fingerprint density at radius 2 is 1.80 bits per heavy atom. The predicted molar refractivity (Wildman–Crippen MR) is 97.0 cm³/mol. The van der Waals surface area contributed by atoms with Crippen LogP contribution in [-0.2, 0) is 4.79 Å². The van der Waals surface area contributed by atoms with Gasteiger partial charge in [0.05, 0.1) is 25.4 Å². The first-order chi connectivity index (χ1) is 12.0. The molecule has 0 bridgehead atoms. The first-order valence-corrected chi connectivity index (χ1v) is 8.23. The van der Waals surface area contributed by atoms with Crippen molar-refractivity contribution in [2.45, 2.75) is 20.8 Å². The number of benzene rings is 2. The molecule has 2 N–H and O–H groups in total. The number of ether oxygens (including phenoxy) is 2. The summed E-state index contributed by atoms with van der Waals surface area (Å²) in [5.74, 6) is 0.603. The fraction of sp³-hybridized carbons (Fsp3) is 0.316. The van der Waals surface area contributed by atoms with Crippen LogP contribution in [0.1, 0.15) is 19.4 Å². The van der Waals surface area contributed by atoms with Gasteiger partial charge in [-0.1, -0.05) is 6.07 Å². The SMILES string of the molecule is CCOc1ccc(OCC)c(NC(=O)CNc2cc(F)ccc2C)c1. The predicted octanol–water partition coefficient (Wildman–Crippen LogP) is 3.98. The average Bonchev–Trinajstić information content (AvgIpc) is 2.58. The average molecular weight is 346 g/mol. The summed E-state index contributed by atoms with van der Waals surface area (Å²) in [5.41, 5.74) is 1.99. The third-order valence-electron chi connectivity index (χ3n) is 3.47. The first-order valence-electron chi connectivity index (χ1n) is 8.23. The highest BCUT2D eigenvalue weighted by atomic mass is 19.1. The number of aryl methyl sites for hydroxylation is 1. The third kappa shape index (κ3) is 5.38. The van der Waals surface area contributed by atoms with Gasteiger partial charge in [0.25, 0.3) is 0 Å². The summed E-state index contributed by atoms with van der Waals surface area (Å²) in [6, 6.07) is 9.68. The van der Waals surface area contributed by atoms with Gasteiger partial charge >= 0.3 is 0 Å². The number of hydrogen-bond acceptors (Lipinski definition) is 4. The molecule has 0 aromatic heterocycles. The van der Waals surface area contributed by atoms with Gasteiger partial charge in [-0.15, -0.1) is 0 Å². The lowest BCUT2D eigenvalue weighted by Gasteiger charge is -2.14. The van der Waals surface area contributed by atoms with Crippen molar-refractivity contribution >= 4 is 17.3 Å². The van der Waals surface area contributed by atoms with E-state index in [-0.39, 0.29) is 18.3 Å². The molecule has 0 atom stereocenters. The van der Waals surface area contributed by atoms with E-state index in [2.05, 4.69) is 10.6 Å². The molecule has 0 saturated carbocycles. The van der Waals surface area contributed by atoms with Crippen LogP contribution in [0.4, 0.5) is 15.8 Å². The summed E-state index contributed by atoms with van der Waals surface area (Å²) >= 11 is 0. The third-order valence-corrected chi connectivity index (χ3v) is 3.47. The standard InChI is InChI=1S/C19H23FN2O3/c1-4-24-15-8-9-18(25-5-2)17(11-15)22-19(23)12-21-16-10-14(20)7-6-13(16)3/h6-11,21H,4-5,12H2,1-3H3,(H,22,23). The number of anilines is 2. The number of carbonyl (C=O) groups excluding carboxylic acids is 1. The van der Waals surface area contributed by atoms with Crippen molar-refractivity contribution in [3.63, 3.8) is 0 Å². The van der Waals surface area contributed by atoms with E-state index in [1.807, 2.05) is 20.8 Å². The molecule has 2 aromatic carbocycles. The lowest BCUT2D eigenvalue weighted by atomic mass is 10.2. The molecule has 0 aliphatic rings. The van der Waals surface area contributed by atoms with E-state index in [9.17, 15) is 9.18 Å². The van der Waals surface area contributed by atoms with Gasteiger partial charge in [-0.2, -0.15) is 0 Å². The van der Waals surface area contributed by atoms with Gasteiger partial charge in [0, 0.05) is 11.8 Å². The number of hydrogen-bond donors (Lipinski definition) is 2. The van der Waals surface area contributed by atoms with E-state index >= 15 is 0 Å². The molecule has 5 nitrogen and oxygen atoms in total. The van der Waals surface area contributed by atoms with Crippen LogP contribution < -0.4 is 20.1 Å². The quantitative estimate of drug-likeness (QED) is 0.759. The highest BCUT2D eigenvalue weighted by Gasteiger charge is 2.10. The zero-order chi connectivity index (χ0) is 18.2. The van der Waals surface area contributed by atoms with E-state index in [1.165, 1.54) is 12.1 Å². The number of halogens is 1. The van der Waals surface area contributed by atoms with Crippen LogP contribution in [0.15, 0.2) is 36.4 Å². The minimum absolute atomic E-state index is 0.00865. The second kappa shape index (κ2) is 8.92. The Balaban J connectivity index is 2.05. The molecular weight excluding hydrogens is 323 g/mol. The van der Waals surface area contributed by atoms with E-state index in [1.54, 1.807) is 24.3 Å². The molecular formula is C19H23FN2O3. The summed E-state index contributed by atoms with van der Waals surface area (Å²) in [7, 11) is 0. The fourth-order valence-electron chi connectivity index (χ4n) is 2.30. The second-order valence-corrected chi connectivity index (χ2v) is 5.38. The van der Waals surface area contributed by atoms with E-state index in [0.717, 1.165) is 5.56 Å². The maximum atomic E-state index is 13.3. The molecule has 134 valence electrons. The normalized spacial score (nSPS) is 10.2. The topological polar surface area (TPSA) is 59.6 Å².